The minimum atomic E-state index is 0.423. The van der Waals surface area contributed by atoms with Crippen LogP contribution in [0.3, 0.4) is 0 Å². The van der Waals surface area contributed by atoms with Crippen LogP contribution in [0.5, 0.6) is 0 Å². The summed E-state index contributed by atoms with van der Waals surface area (Å²) < 4.78 is 0. The van der Waals surface area contributed by atoms with E-state index in [9.17, 15) is 0 Å². The van der Waals surface area contributed by atoms with Gasteiger partial charge in [0.05, 0.1) is 0 Å². The summed E-state index contributed by atoms with van der Waals surface area (Å²) >= 11 is 0. The van der Waals surface area contributed by atoms with Crippen molar-refractivity contribution in [2.24, 2.45) is 11.1 Å². The molecule has 2 heteroatoms. The first kappa shape index (κ1) is 9.17. The van der Waals surface area contributed by atoms with Crippen molar-refractivity contribution in [1.29, 1.82) is 0 Å². The highest BCUT2D eigenvalue weighted by atomic mass is 15.2. The minimum Gasteiger partial charge on any atom is -0.329 e. The van der Waals surface area contributed by atoms with E-state index in [-0.39, 0.29) is 0 Å². The van der Waals surface area contributed by atoms with Crippen molar-refractivity contribution in [3.63, 3.8) is 0 Å². The quantitative estimate of drug-likeness (QED) is 0.725. The minimum absolute atomic E-state index is 0.423. The predicted molar refractivity (Wildman–Crippen MR) is 58.1 cm³/mol. The van der Waals surface area contributed by atoms with Gasteiger partial charge in [-0.1, -0.05) is 0 Å². The second kappa shape index (κ2) is 2.96. The number of hydrogen-bond donors (Lipinski definition) is 1. The lowest BCUT2D eigenvalue weighted by Gasteiger charge is -2.52. The summed E-state index contributed by atoms with van der Waals surface area (Å²) in [6.07, 6.45) is 10.1. The summed E-state index contributed by atoms with van der Waals surface area (Å²) in [7, 11) is 0. The number of nitrogens with zero attached hydrogens (tertiary/aromatic N) is 1. The van der Waals surface area contributed by atoms with Crippen molar-refractivity contribution in [3.8, 4) is 0 Å². The van der Waals surface area contributed by atoms with Crippen LogP contribution in [0.15, 0.2) is 0 Å². The summed E-state index contributed by atoms with van der Waals surface area (Å²) in [4.78, 5) is 2.66. The highest BCUT2D eigenvalue weighted by molar-refractivity contribution is 5.06. The molecule has 0 aromatic rings. The molecule has 14 heavy (non-hydrogen) atoms. The van der Waals surface area contributed by atoms with Crippen LogP contribution >= 0.6 is 0 Å². The van der Waals surface area contributed by atoms with Crippen molar-refractivity contribution in [2.45, 2.75) is 50.5 Å². The maximum Gasteiger partial charge on any atom is 0.0332 e. The summed E-state index contributed by atoms with van der Waals surface area (Å²) in [5.41, 5.74) is 7.25. The Kier molecular flexibility index (Phi) is 1.94. The summed E-state index contributed by atoms with van der Waals surface area (Å²) in [5, 5.41) is 0. The Balaban J connectivity index is 1.68. The van der Waals surface area contributed by atoms with E-state index in [0.29, 0.717) is 5.54 Å². The molecule has 1 aliphatic heterocycles. The van der Waals surface area contributed by atoms with Crippen LogP contribution in [-0.4, -0.2) is 30.1 Å². The zero-order valence-corrected chi connectivity index (χ0v) is 9.10. The standard InChI is InChI=1S/C12H22N2/c13-10-12(14-8-1-9-14)6-4-11(2-3-11)5-7-12/h1-10,13H2. The maximum absolute atomic E-state index is 6.02. The van der Waals surface area contributed by atoms with E-state index in [1.54, 1.807) is 0 Å². The van der Waals surface area contributed by atoms with Gasteiger partial charge in [0.2, 0.25) is 0 Å². The predicted octanol–water partition coefficient (Wildman–Crippen LogP) is 1.74. The topological polar surface area (TPSA) is 29.3 Å². The highest BCUT2D eigenvalue weighted by Crippen LogP contribution is 2.58. The third-order valence-corrected chi connectivity index (χ3v) is 5.11. The molecular formula is C12H22N2. The van der Waals surface area contributed by atoms with Gasteiger partial charge in [0.1, 0.15) is 0 Å². The van der Waals surface area contributed by atoms with E-state index in [1.807, 2.05) is 0 Å². The molecule has 0 atom stereocenters. The zero-order valence-electron chi connectivity index (χ0n) is 9.10. The number of nitrogens with two attached hydrogens (primary N) is 1. The van der Waals surface area contributed by atoms with Gasteiger partial charge in [-0.25, -0.2) is 0 Å². The average molecular weight is 194 g/mol. The fraction of sp³-hybridized carbons (Fsp3) is 1.00. The third kappa shape index (κ3) is 1.24. The molecule has 2 aliphatic carbocycles. The lowest BCUT2D eigenvalue weighted by molar-refractivity contribution is -0.00630. The van der Waals surface area contributed by atoms with Crippen LogP contribution in [0.2, 0.25) is 0 Å². The van der Waals surface area contributed by atoms with Gasteiger partial charge < -0.3 is 5.73 Å². The molecule has 1 spiro atoms. The second-order valence-corrected chi connectivity index (χ2v) is 5.77. The van der Waals surface area contributed by atoms with E-state index in [4.69, 9.17) is 5.73 Å². The number of likely N-dealkylation sites (tertiary alicyclic amines) is 1. The molecule has 0 amide bonds. The van der Waals surface area contributed by atoms with Crippen LogP contribution in [0.25, 0.3) is 0 Å². The molecule has 80 valence electrons. The summed E-state index contributed by atoms with van der Waals surface area (Å²) in [6.45, 7) is 3.51. The van der Waals surface area contributed by atoms with Gasteiger partial charge in [-0.15, -0.1) is 0 Å². The first-order chi connectivity index (χ1) is 6.79. The van der Waals surface area contributed by atoms with Gasteiger partial charge in [0, 0.05) is 12.1 Å². The molecule has 0 aromatic carbocycles. The van der Waals surface area contributed by atoms with Gasteiger partial charge in [-0.2, -0.15) is 0 Å². The maximum atomic E-state index is 6.02. The molecule has 2 saturated carbocycles. The third-order valence-electron chi connectivity index (χ3n) is 5.11. The molecule has 0 aromatic heterocycles. The molecule has 3 fully saturated rings. The number of hydrogen-bond acceptors (Lipinski definition) is 2. The Morgan fingerprint density at radius 3 is 1.86 bits per heavy atom. The molecule has 0 unspecified atom stereocenters. The van der Waals surface area contributed by atoms with Gasteiger partial charge in [0.25, 0.3) is 0 Å². The molecule has 2 nitrogen and oxygen atoms in total. The molecule has 0 bridgehead atoms. The van der Waals surface area contributed by atoms with Crippen LogP contribution in [-0.2, 0) is 0 Å². The normalized spacial score (nSPS) is 34.1. The van der Waals surface area contributed by atoms with Crippen molar-refractivity contribution in [1.82, 2.24) is 4.90 Å². The first-order valence-corrected chi connectivity index (χ1v) is 6.24. The lowest BCUT2D eigenvalue weighted by atomic mass is 9.72. The molecule has 2 N–H and O–H groups in total. The summed E-state index contributed by atoms with van der Waals surface area (Å²) in [5.74, 6) is 0. The monoisotopic (exact) mass is 194 g/mol. The fourth-order valence-electron chi connectivity index (χ4n) is 3.36. The lowest BCUT2D eigenvalue weighted by Crippen LogP contribution is -2.60. The Labute approximate surface area is 86.8 Å². The molecular weight excluding hydrogens is 172 g/mol. The average Bonchev–Trinajstić information content (AvgIpc) is 2.88. The van der Waals surface area contributed by atoms with Gasteiger partial charge in [-0.05, 0) is 63.5 Å². The van der Waals surface area contributed by atoms with E-state index in [0.717, 1.165) is 12.0 Å². The largest absolute Gasteiger partial charge is 0.329 e. The van der Waals surface area contributed by atoms with Crippen LogP contribution < -0.4 is 5.73 Å². The smallest absolute Gasteiger partial charge is 0.0332 e. The first-order valence-electron chi connectivity index (χ1n) is 6.24. The molecule has 1 heterocycles. The molecule has 1 saturated heterocycles. The zero-order chi connectivity index (χ0) is 9.65. The van der Waals surface area contributed by atoms with Gasteiger partial charge >= 0.3 is 0 Å². The van der Waals surface area contributed by atoms with E-state index in [1.165, 1.54) is 58.0 Å². The fourth-order valence-corrected chi connectivity index (χ4v) is 3.36. The summed E-state index contributed by atoms with van der Waals surface area (Å²) in [6, 6.07) is 0. The Morgan fingerprint density at radius 1 is 0.929 bits per heavy atom. The van der Waals surface area contributed by atoms with Gasteiger partial charge in [-0.3, -0.25) is 4.90 Å². The Hall–Kier alpha value is -0.0800. The molecule has 3 aliphatic rings. The molecule has 3 rings (SSSR count). The van der Waals surface area contributed by atoms with Crippen molar-refractivity contribution < 1.29 is 0 Å². The van der Waals surface area contributed by atoms with E-state index < -0.39 is 0 Å². The van der Waals surface area contributed by atoms with Crippen molar-refractivity contribution in [2.75, 3.05) is 19.6 Å². The van der Waals surface area contributed by atoms with Crippen LogP contribution in [0.4, 0.5) is 0 Å². The number of rotatable bonds is 2. The van der Waals surface area contributed by atoms with Crippen molar-refractivity contribution >= 4 is 0 Å². The Bertz CT molecular complexity index is 218. The van der Waals surface area contributed by atoms with E-state index in [2.05, 4.69) is 4.90 Å². The van der Waals surface area contributed by atoms with Crippen LogP contribution in [0.1, 0.15) is 44.9 Å². The van der Waals surface area contributed by atoms with Crippen molar-refractivity contribution in [3.05, 3.63) is 0 Å². The van der Waals surface area contributed by atoms with Crippen LogP contribution in [0, 0.1) is 5.41 Å². The SMILES string of the molecule is NCC1(N2CCC2)CCC2(CC2)CC1. The Morgan fingerprint density at radius 2 is 1.50 bits per heavy atom. The molecule has 0 radical (unpaired) electrons. The highest BCUT2D eigenvalue weighted by Gasteiger charge is 2.51. The van der Waals surface area contributed by atoms with E-state index >= 15 is 0 Å². The van der Waals surface area contributed by atoms with Gasteiger partial charge in [0.15, 0.2) is 0 Å². The second-order valence-electron chi connectivity index (χ2n) is 5.77.